The van der Waals surface area contributed by atoms with Crippen LogP contribution in [0.25, 0.3) is 0 Å². The van der Waals surface area contributed by atoms with E-state index in [0.717, 1.165) is 25.7 Å². The third-order valence-electron chi connectivity index (χ3n) is 3.21. The molecule has 1 fully saturated rings. The highest BCUT2D eigenvalue weighted by molar-refractivity contribution is 5.84. The summed E-state index contributed by atoms with van der Waals surface area (Å²) in [6.07, 6.45) is 7.62. The minimum absolute atomic E-state index is 0.0158. The number of aliphatic carboxylic acids is 1. The molecule has 2 N–H and O–H groups in total. The average Bonchev–Trinajstić information content (AvgIpc) is 2.16. The van der Waals surface area contributed by atoms with E-state index in [9.17, 15) is 9.59 Å². The lowest BCUT2D eigenvalue weighted by atomic mass is 9.90. The number of carboxylic acids is 1. The van der Waals surface area contributed by atoms with Crippen LogP contribution in [0.15, 0.2) is 0 Å². The van der Waals surface area contributed by atoms with E-state index in [4.69, 9.17) is 5.11 Å². The molecule has 0 aromatic carbocycles. The molecule has 1 rings (SSSR count). The van der Waals surface area contributed by atoms with Crippen molar-refractivity contribution in [2.75, 3.05) is 0 Å². The van der Waals surface area contributed by atoms with Crippen molar-refractivity contribution >= 4 is 11.9 Å². The molecule has 92 valence electrons. The maximum Gasteiger partial charge on any atom is 0.325 e. The van der Waals surface area contributed by atoms with Gasteiger partial charge in [0.25, 0.3) is 0 Å². The molecule has 0 spiro atoms. The van der Waals surface area contributed by atoms with Crippen LogP contribution in [-0.4, -0.2) is 23.0 Å². The number of nitrogens with one attached hydrogen (secondary N) is 1. The van der Waals surface area contributed by atoms with Crippen LogP contribution in [0.3, 0.4) is 0 Å². The Kier molecular flexibility index (Phi) is 5.29. The molecule has 0 heterocycles. The summed E-state index contributed by atoms with van der Waals surface area (Å²) < 4.78 is 0. The molecule has 0 saturated heterocycles. The van der Waals surface area contributed by atoms with Gasteiger partial charge in [-0.15, -0.1) is 0 Å². The molecule has 1 aliphatic rings. The lowest BCUT2D eigenvalue weighted by Gasteiger charge is -2.20. The summed E-state index contributed by atoms with van der Waals surface area (Å²) in [7, 11) is 0. The second kappa shape index (κ2) is 6.51. The molecule has 0 aliphatic heterocycles. The van der Waals surface area contributed by atoms with Gasteiger partial charge in [-0.25, -0.2) is 0 Å². The first-order chi connectivity index (χ1) is 7.61. The second-order valence-corrected chi connectivity index (χ2v) is 4.61. The van der Waals surface area contributed by atoms with Gasteiger partial charge >= 0.3 is 5.97 Å². The number of carbonyl (C=O) groups is 2. The minimum Gasteiger partial charge on any atom is -0.480 e. The Bertz CT molecular complexity index is 245. The lowest BCUT2D eigenvalue weighted by Crippen LogP contribution is -2.41. The molecule has 0 aromatic heterocycles. The Labute approximate surface area is 96.4 Å². The van der Waals surface area contributed by atoms with Crippen LogP contribution >= 0.6 is 0 Å². The van der Waals surface area contributed by atoms with E-state index in [1.807, 2.05) is 0 Å². The van der Waals surface area contributed by atoms with Gasteiger partial charge in [0.05, 0.1) is 0 Å². The zero-order valence-electron chi connectivity index (χ0n) is 9.87. The fourth-order valence-electron chi connectivity index (χ4n) is 2.11. The summed E-state index contributed by atoms with van der Waals surface area (Å²) >= 11 is 0. The molecule has 0 radical (unpaired) electrons. The molecule has 1 atom stereocenters. The van der Waals surface area contributed by atoms with Gasteiger partial charge in [-0.05, 0) is 19.8 Å². The summed E-state index contributed by atoms with van der Waals surface area (Å²) in [5.41, 5.74) is 0. The first kappa shape index (κ1) is 13.0. The van der Waals surface area contributed by atoms with Crippen LogP contribution in [0.4, 0.5) is 0 Å². The highest BCUT2D eigenvalue weighted by Crippen LogP contribution is 2.22. The van der Waals surface area contributed by atoms with Gasteiger partial charge in [-0.2, -0.15) is 0 Å². The molecule has 0 bridgehead atoms. The molecule has 0 aromatic rings. The molecule has 1 saturated carbocycles. The number of carboxylic acid groups (broad SMARTS) is 1. The van der Waals surface area contributed by atoms with E-state index < -0.39 is 12.0 Å². The highest BCUT2D eigenvalue weighted by atomic mass is 16.4. The molecule has 4 nitrogen and oxygen atoms in total. The minimum atomic E-state index is -0.973. The van der Waals surface area contributed by atoms with Crippen molar-refractivity contribution in [3.8, 4) is 0 Å². The van der Waals surface area contributed by atoms with Crippen molar-refractivity contribution in [3.63, 3.8) is 0 Å². The van der Waals surface area contributed by atoms with Gasteiger partial charge in [0.15, 0.2) is 0 Å². The van der Waals surface area contributed by atoms with Gasteiger partial charge in [0.1, 0.15) is 6.04 Å². The van der Waals surface area contributed by atoms with Crippen molar-refractivity contribution in [3.05, 3.63) is 0 Å². The predicted octanol–water partition coefficient (Wildman–Crippen LogP) is 1.94. The van der Waals surface area contributed by atoms with E-state index in [1.165, 1.54) is 26.2 Å². The summed E-state index contributed by atoms with van der Waals surface area (Å²) in [4.78, 5) is 22.4. The first-order valence-electron chi connectivity index (χ1n) is 6.14. The van der Waals surface area contributed by atoms with E-state index >= 15 is 0 Å². The third kappa shape index (κ3) is 4.21. The molecular formula is C12H21NO3. The summed E-state index contributed by atoms with van der Waals surface area (Å²) in [6, 6.07) is -0.780. The number of hydrogen-bond donors (Lipinski definition) is 2. The Balaban J connectivity index is 2.41. The monoisotopic (exact) mass is 227 g/mol. The molecule has 4 heteroatoms. The fourth-order valence-corrected chi connectivity index (χ4v) is 2.11. The van der Waals surface area contributed by atoms with Gasteiger partial charge < -0.3 is 10.4 Å². The van der Waals surface area contributed by atoms with Crippen LogP contribution in [0.5, 0.6) is 0 Å². The number of amides is 1. The van der Waals surface area contributed by atoms with Crippen LogP contribution in [0, 0.1) is 5.92 Å². The van der Waals surface area contributed by atoms with Crippen LogP contribution in [-0.2, 0) is 9.59 Å². The van der Waals surface area contributed by atoms with Crippen molar-refractivity contribution in [1.82, 2.24) is 5.32 Å². The maximum absolute atomic E-state index is 11.8. The zero-order chi connectivity index (χ0) is 12.0. The van der Waals surface area contributed by atoms with Gasteiger partial charge in [0.2, 0.25) is 5.91 Å². The van der Waals surface area contributed by atoms with Gasteiger partial charge in [-0.3, -0.25) is 9.59 Å². The van der Waals surface area contributed by atoms with Gasteiger partial charge in [-0.1, -0.05) is 32.1 Å². The van der Waals surface area contributed by atoms with Crippen molar-refractivity contribution in [2.24, 2.45) is 5.92 Å². The van der Waals surface area contributed by atoms with E-state index in [0.29, 0.717) is 0 Å². The van der Waals surface area contributed by atoms with E-state index in [2.05, 4.69) is 5.32 Å². The Morgan fingerprint density at radius 1 is 1.12 bits per heavy atom. The Morgan fingerprint density at radius 2 is 1.62 bits per heavy atom. The number of rotatable bonds is 3. The molecule has 16 heavy (non-hydrogen) atoms. The SMILES string of the molecule is C[C@@H](NC(=O)C1CCCCCCC1)C(=O)O. The summed E-state index contributed by atoms with van der Waals surface area (Å²) in [5, 5.41) is 11.3. The van der Waals surface area contributed by atoms with Crippen molar-refractivity contribution < 1.29 is 14.7 Å². The van der Waals surface area contributed by atoms with E-state index in [-0.39, 0.29) is 11.8 Å². The summed E-state index contributed by atoms with van der Waals surface area (Å²) in [6.45, 7) is 1.50. The van der Waals surface area contributed by atoms with Crippen molar-refractivity contribution in [1.29, 1.82) is 0 Å². The number of hydrogen-bond acceptors (Lipinski definition) is 2. The third-order valence-corrected chi connectivity index (χ3v) is 3.21. The lowest BCUT2D eigenvalue weighted by molar-refractivity contribution is -0.142. The smallest absolute Gasteiger partial charge is 0.325 e. The first-order valence-corrected chi connectivity index (χ1v) is 6.14. The number of carbonyl (C=O) groups excluding carboxylic acids is 1. The fraction of sp³-hybridized carbons (Fsp3) is 0.833. The van der Waals surface area contributed by atoms with Crippen LogP contribution < -0.4 is 5.32 Å². The quantitative estimate of drug-likeness (QED) is 0.774. The molecular weight excluding hydrogens is 206 g/mol. The standard InChI is InChI=1S/C12H21NO3/c1-9(12(15)16)13-11(14)10-7-5-3-2-4-6-8-10/h9-10H,2-8H2,1H3,(H,13,14)(H,15,16)/t9-/m1/s1. The van der Waals surface area contributed by atoms with E-state index in [1.54, 1.807) is 0 Å². The summed E-state index contributed by atoms with van der Waals surface area (Å²) in [5.74, 6) is -1.04. The zero-order valence-corrected chi connectivity index (χ0v) is 9.87. The maximum atomic E-state index is 11.8. The van der Waals surface area contributed by atoms with Crippen molar-refractivity contribution in [2.45, 2.75) is 57.9 Å². The Hall–Kier alpha value is -1.06. The highest BCUT2D eigenvalue weighted by Gasteiger charge is 2.22. The van der Waals surface area contributed by atoms with Crippen LogP contribution in [0.1, 0.15) is 51.9 Å². The van der Waals surface area contributed by atoms with Crippen LogP contribution in [0.2, 0.25) is 0 Å². The molecule has 1 aliphatic carbocycles. The topological polar surface area (TPSA) is 66.4 Å². The Morgan fingerprint density at radius 3 is 2.12 bits per heavy atom. The predicted molar refractivity (Wildman–Crippen MR) is 61.0 cm³/mol. The normalized spacial score (nSPS) is 20.6. The average molecular weight is 227 g/mol. The van der Waals surface area contributed by atoms with Gasteiger partial charge in [0, 0.05) is 5.92 Å². The second-order valence-electron chi connectivity index (χ2n) is 4.61. The molecule has 0 unspecified atom stereocenters. The largest absolute Gasteiger partial charge is 0.480 e. The molecule has 1 amide bonds.